The molecule has 4 N–H and O–H groups in total. The quantitative estimate of drug-likeness (QED) is 0.267. The maximum Gasteiger partial charge on any atom is 0.305 e. The Morgan fingerprint density at radius 2 is 1.39 bits per heavy atom. The summed E-state index contributed by atoms with van der Waals surface area (Å²) < 4.78 is 4.85. The Hall–Kier alpha value is -0.690. The number of aliphatic hydroxyl groups excluding tert-OH is 4. The van der Waals surface area contributed by atoms with Gasteiger partial charge in [-0.2, -0.15) is 0 Å². The van der Waals surface area contributed by atoms with Gasteiger partial charge in [0.25, 0.3) is 0 Å². The van der Waals surface area contributed by atoms with Crippen LogP contribution < -0.4 is 0 Å². The molecule has 0 radical (unpaired) electrons. The van der Waals surface area contributed by atoms with Crippen molar-refractivity contribution in [3.63, 3.8) is 0 Å². The maximum atomic E-state index is 11.5. The number of unbranched alkanes of at least 4 members (excludes halogenated alkanes) is 8. The van der Waals surface area contributed by atoms with Crippen molar-refractivity contribution < 1.29 is 30.0 Å². The molecule has 138 valence electrons. The second-order valence-electron chi connectivity index (χ2n) is 6.07. The fourth-order valence-corrected chi connectivity index (χ4v) is 2.29. The van der Waals surface area contributed by atoms with E-state index in [9.17, 15) is 15.0 Å². The summed E-state index contributed by atoms with van der Waals surface area (Å²) in [5, 5.41) is 36.7. The number of hydrogen-bond acceptors (Lipinski definition) is 6. The number of carbonyl (C=O) groups is 1. The lowest BCUT2D eigenvalue weighted by atomic mass is 10.1. The minimum Gasteiger partial charge on any atom is -0.463 e. The summed E-state index contributed by atoms with van der Waals surface area (Å²) in [7, 11) is 0. The molecule has 0 aliphatic heterocycles. The van der Waals surface area contributed by atoms with Gasteiger partial charge in [0.1, 0.15) is 24.9 Å². The van der Waals surface area contributed by atoms with E-state index in [0.29, 0.717) is 6.42 Å². The molecule has 3 atom stereocenters. The smallest absolute Gasteiger partial charge is 0.305 e. The van der Waals surface area contributed by atoms with Gasteiger partial charge in [0.2, 0.25) is 0 Å². The summed E-state index contributed by atoms with van der Waals surface area (Å²) in [5.41, 5.74) is 0. The second kappa shape index (κ2) is 14.9. The van der Waals surface area contributed by atoms with Gasteiger partial charge in [-0.15, -0.1) is 0 Å². The number of carbonyl (C=O) groups excluding carboxylic acids is 1. The van der Waals surface area contributed by atoms with Crippen LogP contribution in [0.1, 0.15) is 71.1 Å². The van der Waals surface area contributed by atoms with Gasteiger partial charge in [0, 0.05) is 6.42 Å². The van der Waals surface area contributed by atoms with Crippen molar-refractivity contribution >= 4 is 5.97 Å². The highest BCUT2D eigenvalue weighted by molar-refractivity contribution is 5.69. The summed E-state index contributed by atoms with van der Waals surface area (Å²) in [5.74, 6) is -0.419. The van der Waals surface area contributed by atoms with E-state index in [-0.39, 0.29) is 6.61 Å². The van der Waals surface area contributed by atoms with Crippen LogP contribution in [-0.4, -0.2) is 57.9 Å². The minimum atomic E-state index is -1.53. The van der Waals surface area contributed by atoms with E-state index < -0.39 is 30.9 Å². The van der Waals surface area contributed by atoms with Crippen molar-refractivity contribution in [2.45, 2.75) is 89.4 Å². The lowest BCUT2D eigenvalue weighted by Gasteiger charge is -2.21. The Morgan fingerprint density at radius 1 is 0.870 bits per heavy atom. The first-order chi connectivity index (χ1) is 11.0. The summed E-state index contributed by atoms with van der Waals surface area (Å²) in [6.45, 7) is 1.16. The van der Waals surface area contributed by atoms with Gasteiger partial charge in [0.15, 0.2) is 0 Å². The molecule has 6 heteroatoms. The van der Waals surface area contributed by atoms with Crippen molar-refractivity contribution in [1.29, 1.82) is 0 Å². The van der Waals surface area contributed by atoms with Crippen molar-refractivity contribution in [2.24, 2.45) is 0 Å². The normalized spacial score (nSPS) is 15.2. The summed E-state index contributed by atoms with van der Waals surface area (Å²) >= 11 is 0. The molecule has 0 aromatic rings. The van der Waals surface area contributed by atoms with Crippen LogP contribution in [-0.2, 0) is 9.53 Å². The number of hydrogen-bond donors (Lipinski definition) is 4. The van der Waals surface area contributed by atoms with Crippen LogP contribution in [0.2, 0.25) is 0 Å². The molecular weight excluding hydrogens is 300 g/mol. The number of esters is 1. The average molecular weight is 334 g/mol. The van der Waals surface area contributed by atoms with E-state index in [2.05, 4.69) is 6.92 Å². The molecule has 0 aromatic heterocycles. The van der Waals surface area contributed by atoms with Crippen molar-refractivity contribution in [1.82, 2.24) is 0 Å². The standard InChI is InChI=1S/C17H34O6/c1-2-3-4-5-6-7-8-9-10-11-16(21)23-13-15(20)17(22)14(19)12-18/h14-15,17-20,22H,2-13H2,1H3. The van der Waals surface area contributed by atoms with E-state index in [0.717, 1.165) is 19.3 Å². The third kappa shape index (κ3) is 12.4. The average Bonchev–Trinajstić information content (AvgIpc) is 2.56. The second-order valence-corrected chi connectivity index (χ2v) is 6.07. The number of aliphatic hydroxyl groups is 4. The molecule has 0 aromatic carbocycles. The summed E-state index contributed by atoms with van der Waals surface area (Å²) in [6.07, 6.45) is 6.38. The molecule has 23 heavy (non-hydrogen) atoms. The molecule has 0 bridgehead atoms. The van der Waals surface area contributed by atoms with E-state index in [1.807, 2.05) is 0 Å². The van der Waals surface area contributed by atoms with E-state index in [4.69, 9.17) is 14.9 Å². The molecular formula is C17H34O6. The molecule has 0 rings (SSSR count). The maximum absolute atomic E-state index is 11.5. The monoisotopic (exact) mass is 334 g/mol. The molecule has 0 heterocycles. The lowest BCUT2D eigenvalue weighted by Crippen LogP contribution is -2.42. The zero-order valence-corrected chi connectivity index (χ0v) is 14.3. The van der Waals surface area contributed by atoms with E-state index in [1.54, 1.807) is 0 Å². The summed E-state index contributed by atoms with van der Waals surface area (Å²) in [4.78, 5) is 11.5. The Kier molecular flexibility index (Phi) is 14.4. The van der Waals surface area contributed by atoms with Crippen molar-refractivity contribution in [2.75, 3.05) is 13.2 Å². The van der Waals surface area contributed by atoms with Gasteiger partial charge >= 0.3 is 5.97 Å². The van der Waals surface area contributed by atoms with Crippen LogP contribution in [0.5, 0.6) is 0 Å². The fourth-order valence-electron chi connectivity index (χ4n) is 2.29. The van der Waals surface area contributed by atoms with Gasteiger partial charge in [-0.3, -0.25) is 4.79 Å². The SMILES string of the molecule is CCCCCCCCCCCC(=O)OCC(O)C(O)C(O)CO. The lowest BCUT2D eigenvalue weighted by molar-refractivity contribution is -0.152. The largest absolute Gasteiger partial charge is 0.463 e. The number of ether oxygens (including phenoxy) is 1. The highest BCUT2D eigenvalue weighted by Crippen LogP contribution is 2.11. The first-order valence-electron chi connectivity index (χ1n) is 8.83. The van der Waals surface area contributed by atoms with Gasteiger partial charge in [-0.25, -0.2) is 0 Å². The summed E-state index contributed by atoms with van der Waals surface area (Å²) in [6, 6.07) is 0. The van der Waals surface area contributed by atoms with Crippen LogP contribution in [0.3, 0.4) is 0 Å². The Bertz CT molecular complexity index is 284. The van der Waals surface area contributed by atoms with E-state index >= 15 is 0 Å². The first-order valence-corrected chi connectivity index (χ1v) is 8.83. The molecule has 6 nitrogen and oxygen atoms in total. The topological polar surface area (TPSA) is 107 Å². The Balaban J connectivity index is 3.50. The van der Waals surface area contributed by atoms with Crippen LogP contribution >= 0.6 is 0 Å². The molecule has 0 aliphatic carbocycles. The Morgan fingerprint density at radius 3 is 1.91 bits per heavy atom. The highest BCUT2D eigenvalue weighted by Gasteiger charge is 2.25. The van der Waals surface area contributed by atoms with Gasteiger partial charge in [0.05, 0.1) is 6.61 Å². The van der Waals surface area contributed by atoms with Crippen LogP contribution in [0.4, 0.5) is 0 Å². The zero-order valence-electron chi connectivity index (χ0n) is 14.3. The van der Waals surface area contributed by atoms with Crippen molar-refractivity contribution in [3.05, 3.63) is 0 Å². The zero-order chi connectivity index (χ0) is 17.5. The molecule has 0 saturated heterocycles. The van der Waals surface area contributed by atoms with E-state index in [1.165, 1.54) is 38.5 Å². The fraction of sp³-hybridized carbons (Fsp3) is 0.941. The third-order valence-corrected chi connectivity index (χ3v) is 3.88. The number of rotatable bonds is 15. The molecule has 0 fully saturated rings. The molecule has 0 aliphatic rings. The highest BCUT2D eigenvalue weighted by atomic mass is 16.5. The van der Waals surface area contributed by atoms with Crippen LogP contribution in [0.15, 0.2) is 0 Å². The third-order valence-electron chi connectivity index (χ3n) is 3.88. The van der Waals surface area contributed by atoms with Crippen LogP contribution in [0, 0.1) is 0 Å². The molecule has 0 amide bonds. The van der Waals surface area contributed by atoms with Gasteiger partial charge in [-0.1, -0.05) is 58.3 Å². The van der Waals surface area contributed by atoms with Gasteiger partial charge < -0.3 is 25.2 Å². The predicted octanol–water partition coefficient (Wildman–Crippen LogP) is 1.53. The minimum absolute atomic E-state index is 0.293. The molecule has 3 unspecified atom stereocenters. The molecule has 0 saturated carbocycles. The Labute approximate surface area is 139 Å². The molecule has 0 spiro atoms. The van der Waals surface area contributed by atoms with Gasteiger partial charge in [-0.05, 0) is 6.42 Å². The van der Waals surface area contributed by atoms with Crippen LogP contribution in [0.25, 0.3) is 0 Å². The van der Waals surface area contributed by atoms with Crippen molar-refractivity contribution in [3.8, 4) is 0 Å². The first kappa shape index (κ1) is 22.3. The predicted molar refractivity (Wildman–Crippen MR) is 87.9 cm³/mol.